The summed E-state index contributed by atoms with van der Waals surface area (Å²) in [7, 11) is 0. The fraction of sp³-hybridized carbons (Fsp3) is 0. The molecule has 0 saturated heterocycles. The van der Waals surface area contributed by atoms with Crippen LogP contribution in [0.4, 0.5) is 0 Å². The standard InChI is InChI=1S/3C2H2O4.2H3N/c3*3-1(4)2(5)6;;/h3*(H,3,4)(H,5,6);2*1H3. The average Bonchev–Trinajstić information content (AvgIpc) is 2.18. The molecule has 0 saturated carbocycles. The van der Waals surface area contributed by atoms with Crippen molar-refractivity contribution in [2.45, 2.75) is 0 Å². The topological polar surface area (TPSA) is 302 Å². The van der Waals surface area contributed by atoms with E-state index in [0.29, 0.717) is 0 Å². The third-order valence-electron chi connectivity index (χ3n) is 0.533. The van der Waals surface area contributed by atoms with Gasteiger partial charge in [0.1, 0.15) is 0 Å². The molecule has 12 N–H and O–H groups in total. The molecular weight excluding hydrogens is 292 g/mol. The van der Waals surface area contributed by atoms with Crippen molar-refractivity contribution in [3.05, 3.63) is 0 Å². The van der Waals surface area contributed by atoms with Crippen LogP contribution in [0.2, 0.25) is 0 Å². The van der Waals surface area contributed by atoms with Gasteiger partial charge in [-0.05, 0) is 0 Å². The van der Waals surface area contributed by atoms with Crippen molar-refractivity contribution in [3.8, 4) is 0 Å². The maximum atomic E-state index is 9.10. The first kappa shape index (κ1) is 30.1. The molecule has 0 aromatic rings. The minimum atomic E-state index is -2.19. The van der Waals surface area contributed by atoms with Gasteiger partial charge in [0.15, 0.2) is 0 Å². The van der Waals surface area contributed by atoms with Crippen molar-refractivity contribution in [2.75, 3.05) is 0 Å². The number of carboxylic acids is 6. The lowest BCUT2D eigenvalue weighted by Crippen LogP contribution is -2.42. The van der Waals surface area contributed by atoms with Gasteiger partial charge < -0.3 is 52.5 Å². The summed E-state index contributed by atoms with van der Waals surface area (Å²) in [6.45, 7) is 0. The molecule has 0 rings (SSSR count). The van der Waals surface area contributed by atoms with Gasteiger partial charge in [-0.25, -0.2) is 19.2 Å². The van der Waals surface area contributed by atoms with Gasteiger partial charge in [-0.15, -0.1) is 0 Å². The van der Waals surface area contributed by atoms with E-state index in [1.54, 1.807) is 0 Å². The van der Waals surface area contributed by atoms with E-state index < -0.39 is 35.8 Å². The number of quaternary nitrogens is 2. The van der Waals surface area contributed by atoms with E-state index in [0.717, 1.165) is 0 Å². The zero-order valence-corrected chi connectivity index (χ0v) is 10.1. The summed E-state index contributed by atoms with van der Waals surface area (Å²) >= 11 is 0. The first-order valence-electron chi connectivity index (χ1n) is 3.28. The van der Waals surface area contributed by atoms with Crippen LogP contribution in [0.15, 0.2) is 0 Å². The molecule has 0 atom stereocenters. The lowest BCUT2D eigenvalue weighted by atomic mass is 10.7. The largest absolute Gasteiger partial charge is 0.543 e. The molecule has 0 fully saturated rings. The second kappa shape index (κ2) is 15.7. The summed E-state index contributed by atoms with van der Waals surface area (Å²) in [6, 6.07) is 0. The van der Waals surface area contributed by atoms with E-state index in [1.807, 2.05) is 0 Å². The molecule has 14 nitrogen and oxygen atoms in total. The van der Waals surface area contributed by atoms with E-state index in [2.05, 4.69) is 0 Å². The smallest absolute Gasteiger partial charge is 0.414 e. The average molecular weight is 304 g/mol. The van der Waals surface area contributed by atoms with Crippen LogP contribution in [0, 0.1) is 0 Å². The Morgan fingerprint density at radius 1 is 0.500 bits per heavy atom. The number of carbonyl (C=O) groups excluding carboxylic acids is 2. The second-order valence-electron chi connectivity index (χ2n) is 1.80. The van der Waals surface area contributed by atoms with E-state index in [4.69, 9.17) is 59.4 Å². The van der Waals surface area contributed by atoms with Crippen molar-refractivity contribution in [3.63, 3.8) is 0 Å². The van der Waals surface area contributed by atoms with E-state index in [-0.39, 0.29) is 12.3 Å². The predicted octanol–water partition coefficient (Wildman–Crippen LogP) is -4.45. The molecule has 20 heavy (non-hydrogen) atoms. The van der Waals surface area contributed by atoms with Gasteiger partial charge in [0.25, 0.3) is 0 Å². The number of carboxylic acid groups (broad SMARTS) is 6. The third kappa shape index (κ3) is 36.4. The molecule has 14 heteroatoms. The molecule has 0 amide bonds. The fourth-order valence-corrected chi connectivity index (χ4v) is 0. The molecule has 0 radical (unpaired) electrons. The van der Waals surface area contributed by atoms with Gasteiger partial charge in [-0.3, -0.25) is 0 Å². The second-order valence-corrected chi connectivity index (χ2v) is 1.80. The normalized spacial score (nSPS) is 6.60. The minimum absolute atomic E-state index is 0. The number of hydrogen-bond donors (Lipinski definition) is 6. The monoisotopic (exact) mass is 304 g/mol. The molecule has 0 bridgehead atoms. The highest BCUT2D eigenvalue weighted by Crippen LogP contribution is 1.56. The van der Waals surface area contributed by atoms with E-state index in [1.165, 1.54) is 0 Å². The van der Waals surface area contributed by atoms with Gasteiger partial charge in [0.2, 0.25) is 0 Å². The van der Waals surface area contributed by atoms with Gasteiger partial charge in [0.05, 0.1) is 11.9 Å². The van der Waals surface area contributed by atoms with Crippen LogP contribution in [-0.4, -0.2) is 56.2 Å². The van der Waals surface area contributed by atoms with Crippen LogP contribution in [0.5, 0.6) is 0 Å². The predicted molar refractivity (Wildman–Crippen MR) is 52.5 cm³/mol. The Morgan fingerprint density at radius 3 is 0.600 bits per heavy atom. The van der Waals surface area contributed by atoms with Crippen LogP contribution < -0.4 is 22.5 Å². The Morgan fingerprint density at radius 2 is 0.600 bits per heavy atom. The van der Waals surface area contributed by atoms with Crippen molar-refractivity contribution >= 4 is 35.8 Å². The third-order valence-corrected chi connectivity index (χ3v) is 0.533. The van der Waals surface area contributed by atoms with Gasteiger partial charge in [-0.1, -0.05) is 0 Å². The number of rotatable bonds is 0. The Labute approximate surface area is 109 Å². The Kier molecular flexibility index (Phi) is 23.7. The number of aliphatic carboxylic acids is 6. The highest BCUT2D eigenvalue weighted by Gasteiger charge is 2.04. The van der Waals surface area contributed by atoms with Crippen LogP contribution >= 0.6 is 0 Å². The lowest BCUT2D eigenvalue weighted by molar-refractivity contribution is -0.345. The first-order chi connectivity index (χ1) is 7.93. The zero-order valence-electron chi connectivity index (χ0n) is 10.1. The van der Waals surface area contributed by atoms with Crippen LogP contribution in [-0.2, 0) is 28.8 Å². The minimum Gasteiger partial charge on any atom is -0.543 e. The Hall–Kier alpha value is -3.26. The quantitative estimate of drug-likeness (QED) is 0.231. The SMILES string of the molecule is O=C(O)C(=O)O.O=C(O)C(=O)O.O=C([O-])C(=O)[O-].[NH4+].[NH4+]. The molecule has 0 aromatic heterocycles. The highest BCUT2D eigenvalue weighted by atomic mass is 16.5. The van der Waals surface area contributed by atoms with Crippen molar-refractivity contribution < 1.29 is 59.4 Å². The lowest BCUT2D eigenvalue weighted by Gasteiger charge is -1.97. The van der Waals surface area contributed by atoms with Crippen LogP contribution in [0.3, 0.4) is 0 Å². The number of carbonyl (C=O) groups is 6. The molecular formula is C6H12N2O12. The maximum absolute atomic E-state index is 9.10. The summed E-state index contributed by atoms with van der Waals surface area (Å²) < 4.78 is 0. The molecule has 0 aromatic carbocycles. The molecule has 0 heterocycles. The summed E-state index contributed by atoms with van der Waals surface area (Å²) in [5, 5.41) is 47.4. The number of hydrogen-bond acceptors (Lipinski definition) is 8. The van der Waals surface area contributed by atoms with Crippen molar-refractivity contribution in [1.82, 2.24) is 12.3 Å². The van der Waals surface area contributed by atoms with Crippen LogP contribution in [0.25, 0.3) is 0 Å². The molecule has 0 unspecified atom stereocenters. The van der Waals surface area contributed by atoms with E-state index in [9.17, 15) is 0 Å². The molecule has 0 spiro atoms. The highest BCUT2D eigenvalue weighted by molar-refractivity contribution is 6.27. The summed E-state index contributed by atoms with van der Waals surface area (Å²) in [4.78, 5) is 54.2. The van der Waals surface area contributed by atoms with Crippen molar-refractivity contribution in [1.29, 1.82) is 0 Å². The molecule has 0 aliphatic rings. The van der Waals surface area contributed by atoms with Crippen molar-refractivity contribution in [2.24, 2.45) is 0 Å². The van der Waals surface area contributed by atoms with Crippen LogP contribution in [0.1, 0.15) is 0 Å². The summed E-state index contributed by atoms with van der Waals surface area (Å²) in [5.74, 6) is -11.7. The molecule has 0 aliphatic heterocycles. The summed E-state index contributed by atoms with van der Waals surface area (Å²) in [6.07, 6.45) is 0. The Balaban J connectivity index is -0.0000000536. The zero-order chi connectivity index (χ0) is 15.5. The first-order valence-corrected chi connectivity index (χ1v) is 3.28. The molecule has 0 aliphatic carbocycles. The van der Waals surface area contributed by atoms with Gasteiger partial charge in [0, 0.05) is 0 Å². The molecule has 118 valence electrons. The fourth-order valence-electron chi connectivity index (χ4n) is 0. The van der Waals surface area contributed by atoms with E-state index >= 15 is 0 Å². The summed E-state index contributed by atoms with van der Waals surface area (Å²) in [5.41, 5.74) is 0. The maximum Gasteiger partial charge on any atom is 0.414 e. The van der Waals surface area contributed by atoms with Gasteiger partial charge >= 0.3 is 23.9 Å². The van der Waals surface area contributed by atoms with Gasteiger partial charge in [-0.2, -0.15) is 0 Å². The Bertz CT molecular complexity index is 281.